The maximum Gasteiger partial charge on any atom is 0.0701 e. The summed E-state index contributed by atoms with van der Waals surface area (Å²) >= 11 is 0. The van der Waals surface area contributed by atoms with Gasteiger partial charge in [-0.3, -0.25) is 0 Å². The van der Waals surface area contributed by atoms with Crippen LogP contribution in [0.2, 0.25) is 0 Å². The summed E-state index contributed by atoms with van der Waals surface area (Å²) in [5.74, 6) is 0. The van der Waals surface area contributed by atoms with Gasteiger partial charge in [0.1, 0.15) is 0 Å². The predicted octanol–water partition coefficient (Wildman–Crippen LogP) is 1.63. The summed E-state index contributed by atoms with van der Waals surface area (Å²) in [4.78, 5) is 0. The van der Waals surface area contributed by atoms with Crippen LogP contribution in [0.5, 0.6) is 0 Å². The summed E-state index contributed by atoms with van der Waals surface area (Å²) in [5.41, 5.74) is 1.90. The molecule has 0 unspecified atom stereocenters. The summed E-state index contributed by atoms with van der Waals surface area (Å²) in [6, 6.07) is 7.72. The van der Waals surface area contributed by atoms with E-state index in [4.69, 9.17) is 9.84 Å². The second kappa shape index (κ2) is 6.40. The van der Waals surface area contributed by atoms with Crippen LogP contribution in [0.1, 0.15) is 12.5 Å². The van der Waals surface area contributed by atoms with Gasteiger partial charge in [0, 0.05) is 24.4 Å². The van der Waals surface area contributed by atoms with Crippen LogP contribution in [0.15, 0.2) is 24.3 Å². The molecule has 1 aromatic rings. The van der Waals surface area contributed by atoms with Gasteiger partial charge in [-0.05, 0) is 13.0 Å². The van der Waals surface area contributed by atoms with Crippen molar-refractivity contribution in [3.8, 4) is 0 Å². The van der Waals surface area contributed by atoms with Gasteiger partial charge >= 0.3 is 0 Å². The van der Waals surface area contributed by atoms with Gasteiger partial charge in [0.2, 0.25) is 0 Å². The molecule has 3 heteroatoms. The number of rotatable bonds is 6. The first kappa shape index (κ1) is 11.0. The van der Waals surface area contributed by atoms with Crippen LogP contribution in [0.3, 0.4) is 0 Å². The Labute approximate surface area is 84.7 Å². The topological polar surface area (TPSA) is 41.5 Å². The van der Waals surface area contributed by atoms with E-state index in [0.717, 1.165) is 24.4 Å². The van der Waals surface area contributed by atoms with Gasteiger partial charge in [-0.15, -0.1) is 0 Å². The van der Waals surface area contributed by atoms with Crippen molar-refractivity contribution in [3.63, 3.8) is 0 Å². The smallest absolute Gasteiger partial charge is 0.0701 e. The predicted molar refractivity (Wildman–Crippen MR) is 57.3 cm³/mol. The Kier molecular flexibility index (Phi) is 5.04. The van der Waals surface area contributed by atoms with E-state index in [1.54, 1.807) is 0 Å². The Hall–Kier alpha value is -1.06. The van der Waals surface area contributed by atoms with Crippen LogP contribution < -0.4 is 5.32 Å². The molecule has 0 spiro atoms. The van der Waals surface area contributed by atoms with E-state index in [1.807, 2.05) is 31.2 Å². The third kappa shape index (κ3) is 3.36. The fraction of sp³-hybridized carbons (Fsp3) is 0.455. The monoisotopic (exact) mass is 195 g/mol. The summed E-state index contributed by atoms with van der Waals surface area (Å²) in [6.45, 7) is 4.24. The Morgan fingerprint density at radius 3 is 2.86 bits per heavy atom. The molecule has 0 saturated carbocycles. The van der Waals surface area contributed by atoms with Crippen molar-refractivity contribution in [2.45, 2.75) is 13.5 Å². The number of aliphatic hydroxyl groups excluding tert-OH is 1. The maximum absolute atomic E-state index is 9.05. The standard InChI is InChI=1S/C11H17NO2/c1-2-14-8-7-12-11-6-4-3-5-10(11)9-13/h3-6,12-13H,2,7-9H2,1H3. The van der Waals surface area contributed by atoms with Gasteiger partial charge in [-0.25, -0.2) is 0 Å². The molecule has 2 N–H and O–H groups in total. The molecule has 3 nitrogen and oxygen atoms in total. The average molecular weight is 195 g/mol. The van der Waals surface area contributed by atoms with Gasteiger partial charge in [-0.1, -0.05) is 18.2 Å². The molecule has 0 aliphatic rings. The first-order valence-corrected chi connectivity index (χ1v) is 4.89. The van der Waals surface area contributed by atoms with Crippen LogP contribution in [0.4, 0.5) is 5.69 Å². The Bertz CT molecular complexity index is 263. The Morgan fingerprint density at radius 1 is 1.36 bits per heavy atom. The van der Waals surface area contributed by atoms with Crippen LogP contribution >= 0.6 is 0 Å². The zero-order chi connectivity index (χ0) is 10.2. The lowest BCUT2D eigenvalue weighted by molar-refractivity contribution is 0.158. The minimum Gasteiger partial charge on any atom is -0.392 e. The molecule has 0 aliphatic carbocycles. The van der Waals surface area contributed by atoms with Crippen LogP contribution in [-0.2, 0) is 11.3 Å². The summed E-state index contributed by atoms with van der Waals surface area (Å²) in [5, 5.41) is 12.3. The van der Waals surface area contributed by atoms with E-state index in [1.165, 1.54) is 0 Å². The Morgan fingerprint density at radius 2 is 2.14 bits per heavy atom. The number of aliphatic hydroxyl groups is 1. The number of ether oxygens (including phenoxy) is 1. The van der Waals surface area contributed by atoms with E-state index in [2.05, 4.69) is 5.32 Å². The van der Waals surface area contributed by atoms with E-state index in [0.29, 0.717) is 6.61 Å². The van der Waals surface area contributed by atoms with Crippen LogP contribution in [0, 0.1) is 0 Å². The molecular weight excluding hydrogens is 178 g/mol. The molecule has 0 aliphatic heterocycles. The number of anilines is 1. The van der Waals surface area contributed by atoms with E-state index in [-0.39, 0.29) is 6.61 Å². The van der Waals surface area contributed by atoms with E-state index in [9.17, 15) is 0 Å². The Balaban J connectivity index is 2.41. The zero-order valence-electron chi connectivity index (χ0n) is 8.49. The molecule has 78 valence electrons. The molecule has 0 heterocycles. The molecule has 0 radical (unpaired) electrons. The molecule has 1 aromatic carbocycles. The van der Waals surface area contributed by atoms with Gasteiger partial charge in [0.05, 0.1) is 13.2 Å². The van der Waals surface area contributed by atoms with Crippen LogP contribution in [-0.4, -0.2) is 24.9 Å². The molecule has 1 rings (SSSR count). The first-order valence-electron chi connectivity index (χ1n) is 4.89. The van der Waals surface area contributed by atoms with Crippen molar-refractivity contribution in [1.82, 2.24) is 0 Å². The van der Waals surface area contributed by atoms with Crippen molar-refractivity contribution in [1.29, 1.82) is 0 Å². The van der Waals surface area contributed by atoms with Gasteiger partial charge in [0.25, 0.3) is 0 Å². The van der Waals surface area contributed by atoms with Crippen LogP contribution in [0.25, 0.3) is 0 Å². The number of benzene rings is 1. The highest BCUT2D eigenvalue weighted by molar-refractivity contribution is 5.50. The summed E-state index contributed by atoms with van der Waals surface area (Å²) < 4.78 is 5.20. The largest absolute Gasteiger partial charge is 0.392 e. The first-order chi connectivity index (χ1) is 6.88. The third-order valence-corrected chi connectivity index (χ3v) is 1.95. The number of para-hydroxylation sites is 1. The average Bonchev–Trinajstić information content (AvgIpc) is 2.25. The summed E-state index contributed by atoms with van der Waals surface area (Å²) in [7, 11) is 0. The lowest BCUT2D eigenvalue weighted by Gasteiger charge is -2.09. The fourth-order valence-electron chi connectivity index (χ4n) is 1.23. The van der Waals surface area contributed by atoms with Gasteiger partial charge < -0.3 is 15.2 Å². The molecule has 0 amide bonds. The van der Waals surface area contributed by atoms with Gasteiger partial charge in [-0.2, -0.15) is 0 Å². The van der Waals surface area contributed by atoms with Crippen molar-refractivity contribution in [2.75, 3.05) is 25.1 Å². The lowest BCUT2D eigenvalue weighted by atomic mass is 10.2. The third-order valence-electron chi connectivity index (χ3n) is 1.95. The highest BCUT2D eigenvalue weighted by atomic mass is 16.5. The molecule has 14 heavy (non-hydrogen) atoms. The lowest BCUT2D eigenvalue weighted by Crippen LogP contribution is -2.10. The van der Waals surface area contributed by atoms with E-state index >= 15 is 0 Å². The normalized spacial score (nSPS) is 10.1. The SMILES string of the molecule is CCOCCNc1ccccc1CO. The van der Waals surface area contributed by atoms with Crippen molar-refractivity contribution in [2.24, 2.45) is 0 Å². The van der Waals surface area contributed by atoms with Crippen molar-refractivity contribution >= 4 is 5.69 Å². The quantitative estimate of drug-likeness (QED) is 0.678. The zero-order valence-corrected chi connectivity index (χ0v) is 8.49. The highest BCUT2D eigenvalue weighted by Gasteiger charge is 1.98. The molecule has 0 aromatic heterocycles. The second-order valence-electron chi connectivity index (χ2n) is 2.94. The summed E-state index contributed by atoms with van der Waals surface area (Å²) in [6.07, 6.45) is 0. The number of nitrogens with one attached hydrogen (secondary N) is 1. The number of hydrogen-bond donors (Lipinski definition) is 2. The minimum absolute atomic E-state index is 0.0673. The van der Waals surface area contributed by atoms with Crippen molar-refractivity contribution in [3.05, 3.63) is 29.8 Å². The number of hydrogen-bond acceptors (Lipinski definition) is 3. The van der Waals surface area contributed by atoms with Gasteiger partial charge in [0.15, 0.2) is 0 Å². The highest BCUT2D eigenvalue weighted by Crippen LogP contribution is 2.13. The molecule has 0 atom stereocenters. The second-order valence-corrected chi connectivity index (χ2v) is 2.94. The van der Waals surface area contributed by atoms with E-state index < -0.39 is 0 Å². The maximum atomic E-state index is 9.05. The molecular formula is C11H17NO2. The molecule has 0 saturated heterocycles. The minimum atomic E-state index is 0.0673. The molecule has 0 fully saturated rings. The fourth-order valence-corrected chi connectivity index (χ4v) is 1.23. The van der Waals surface area contributed by atoms with Crippen molar-refractivity contribution < 1.29 is 9.84 Å². The molecule has 0 bridgehead atoms.